The van der Waals surface area contributed by atoms with Crippen molar-refractivity contribution in [3.05, 3.63) is 57.3 Å². The maximum absolute atomic E-state index is 8.94. The third-order valence-electron chi connectivity index (χ3n) is 2.40. The third-order valence-corrected chi connectivity index (χ3v) is 3.29. The van der Waals surface area contributed by atoms with Gasteiger partial charge in [-0.1, -0.05) is 17.7 Å². The average Bonchev–Trinajstić information content (AvgIpc) is 2.38. The number of hydrogen-bond donors (Lipinski definition) is 1. The second-order valence-corrected chi connectivity index (χ2v) is 4.89. The van der Waals surface area contributed by atoms with Gasteiger partial charge < -0.3 is 5.32 Å². The molecule has 0 radical (unpaired) electrons. The second kappa shape index (κ2) is 5.85. The van der Waals surface area contributed by atoms with E-state index < -0.39 is 0 Å². The molecule has 0 aliphatic rings. The molecular formula is C13H9BrClN3. The van der Waals surface area contributed by atoms with Gasteiger partial charge in [-0.15, -0.1) is 0 Å². The lowest BCUT2D eigenvalue weighted by Crippen LogP contribution is -2.03. The van der Waals surface area contributed by atoms with Crippen molar-refractivity contribution in [3.8, 4) is 6.07 Å². The molecule has 0 atom stereocenters. The van der Waals surface area contributed by atoms with Gasteiger partial charge in [-0.05, 0) is 40.2 Å². The lowest BCUT2D eigenvalue weighted by molar-refractivity contribution is 1.09. The van der Waals surface area contributed by atoms with Crippen LogP contribution in [0.25, 0.3) is 0 Å². The van der Waals surface area contributed by atoms with Crippen LogP contribution in [0.1, 0.15) is 11.3 Å². The van der Waals surface area contributed by atoms with E-state index in [1.165, 1.54) is 0 Å². The number of hydrogen-bond acceptors (Lipinski definition) is 3. The molecule has 0 unspecified atom stereocenters. The smallest absolute Gasteiger partial charge is 0.145 e. The van der Waals surface area contributed by atoms with E-state index in [1.54, 1.807) is 6.20 Å². The molecule has 0 amide bonds. The summed E-state index contributed by atoms with van der Waals surface area (Å²) in [5.41, 5.74) is 2.23. The minimum Gasteiger partial charge on any atom is -0.380 e. The number of benzene rings is 1. The number of pyridine rings is 1. The van der Waals surface area contributed by atoms with E-state index in [1.807, 2.05) is 30.3 Å². The van der Waals surface area contributed by atoms with Crippen LogP contribution in [-0.2, 0) is 6.54 Å². The Morgan fingerprint density at radius 1 is 1.39 bits per heavy atom. The van der Waals surface area contributed by atoms with E-state index >= 15 is 0 Å². The predicted octanol–water partition coefficient (Wildman–Crippen LogP) is 3.98. The fourth-order valence-corrected chi connectivity index (χ4v) is 2.33. The fraction of sp³-hybridized carbons (Fsp3) is 0.0769. The van der Waals surface area contributed by atoms with E-state index in [-0.39, 0.29) is 0 Å². The Hall–Kier alpha value is -1.57. The Morgan fingerprint density at radius 2 is 2.22 bits per heavy atom. The van der Waals surface area contributed by atoms with E-state index in [9.17, 15) is 0 Å². The standard InChI is InChI=1S/C13H9BrClN3/c14-11-6-10(15)3-4-12(11)18-8-9-2-1-5-17-13(9)7-16/h1-6,18H,8H2. The highest BCUT2D eigenvalue weighted by Crippen LogP contribution is 2.26. The van der Waals surface area contributed by atoms with Crippen molar-refractivity contribution in [2.75, 3.05) is 5.32 Å². The first-order valence-electron chi connectivity index (χ1n) is 5.23. The highest BCUT2D eigenvalue weighted by molar-refractivity contribution is 9.10. The summed E-state index contributed by atoms with van der Waals surface area (Å²) in [6, 6.07) is 11.3. The van der Waals surface area contributed by atoms with Crippen molar-refractivity contribution < 1.29 is 0 Å². The Balaban J connectivity index is 2.14. The van der Waals surface area contributed by atoms with Gasteiger partial charge >= 0.3 is 0 Å². The molecule has 0 saturated carbocycles. The molecule has 0 bridgehead atoms. The van der Waals surface area contributed by atoms with Crippen molar-refractivity contribution in [1.29, 1.82) is 5.26 Å². The highest BCUT2D eigenvalue weighted by Gasteiger charge is 2.04. The van der Waals surface area contributed by atoms with Crippen LogP contribution >= 0.6 is 27.5 Å². The molecule has 3 nitrogen and oxygen atoms in total. The van der Waals surface area contributed by atoms with Crippen LogP contribution in [0.3, 0.4) is 0 Å². The van der Waals surface area contributed by atoms with E-state index in [0.717, 1.165) is 15.7 Å². The highest BCUT2D eigenvalue weighted by atomic mass is 79.9. The van der Waals surface area contributed by atoms with Crippen LogP contribution in [0, 0.1) is 11.3 Å². The summed E-state index contributed by atoms with van der Waals surface area (Å²) in [6.07, 6.45) is 1.61. The molecule has 1 heterocycles. The summed E-state index contributed by atoms with van der Waals surface area (Å²) in [7, 11) is 0. The molecule has 0 aliphatic carbocycles. The Bertz CT molecular complexity index is 607. The van der Waals surface area contributed by atoms with Crippen molar-refractivity contribution >= 4 is 33.2 Å². The second-order valence-electron chi connectivity index (χ2n) is 3.60. The lowest BCUT2D eigenvalue weighted by Gasteiger charge is -2.09. The number of anilines is 1. The average molecular weight is 323 g/mol. The largest absolute Gasteiger partial charge is 0.380 e. The Kier molecular flexibility index (Phi) is 4.19. The van der Waals surface area contributed by atoms with Crippen molar-refractivity contribution in [2.24, 2.45) is 0 Å². The van der Waals surface area contributed by atoms with Gasteiger partial charge in [0.2, 0.25) is 0 Å². The summed E-state index contributed by atoms with van der Waals surface area (Å²) in [4.78, 5) is 4.01. The van der Waals surface area contributed by atoms with Gasteiger partial charge in [0.1, 0.15) is 11.8 Å². The number of nitriles is 1. The van der Waals surface area contributed by atoms with Crippen LogP contribution in [0.4, 0.5) is 5.69 Å². The lowest BCUT2D eigenvalue weighted by atomic mass is 10.2. The van der Waals surface area contributed by atoms with Crippen LogP contribution in [0.5, 0.6) is 0 Å². The maximum Gasteiger partial charge on any atom is 0.145 e. The zero-order chi connectivity index (χ0) is 13.0. The van der Waals surface area contributed by atoms with Crippen LogP contribution < -0.4 is 5.32 Å². The zero-order valence-electron chi connectivity index (χ0n) is 9.32. The number of aromatic nitrogens is 1. The van der Waals surface area contributed by atoms with Crippen LogP contribution in [0.2, 0.25) is 5.02 Å². The molecule has 1 aromatic carbocycles. The summed E-state index contributed by atoms with van der Waals surface area (Å²) in [6.45, 7) is 0.539. The van der Waals surface area contributed by atoms with Gasteiger partial charge in [-0.25, -0.2) is 4.98 Å². The molecule has 2 rings (SSSR count). The van der Waals surface area contributed by atoms with Gasteiger partial charge in [0, 0.05) is 33.5 Å². The first kappa shape index (κ1) is 12.9. The van der Waals surface area contributed by atoms with E-state index in [2.05, 4.69) is 32.3 Å². The molecule has 0 spiro atoms. The van der Waals surface area contributed by atoms with Crippen molar-refractivity contribution in [3.63, 3.8) is 0 Å². The minimum absolute atomic E-state index is 0.440. The minimum atomic E-state index is 0.440. The quantitative estimate of drug-likeness (QED) is 0.930. The topological polar surface area (TPSA) is 48.7 Å². The Morgan fingerprint density at radius 3 is 2.94 bits per heavy atom. The van der Waals surface area contributed by atoms with Crippen molar-refractivity contribution in [1.82, 2.24) is 4.98 Å². The molecule has 18 heavy (non-hydrogen) atoms. The molecule has 1 aromatic heterocycles. The normalized spacial score (nSPS) is 9.83. The number of halogens is 2. The van der Waals surface area contributed by atoms with Gasteiger partial charge in [0.25, 0.3) is 0 Å². The number of nitrogens with zero attached hydrogens (tertiary/aromatic N) is 2. The van der Waals surface area contributed by atoms with Crippen LogP contribution in [-0.4, -0.2) is 4.98 Å². The fourth-order valence-electron chi connectivity index (χ4n) is 1.51. The first-order chi connectivity index (χ1) is 8.70. The number of nitrogens with one attached hydrogen (secondary N) is 1. The number of rotatable bonds is 3. The van der Waals surface area contributed by atoms with Crippen LogP contribution in [0.15, 0.2) is 41.0 Å². The Labute approximate surface area is 119 Å². The first-order valence-corrected chi connectivity index (χ1v) is 6.40. The van der Waals surface area contributed by atoms with Gasteiger partial charge in [0.15, 0.2) is 0 Å². The van der Waals surface area contributed by atoms with Gasteiger partial charge in [-0.2, -0.15) is 5.26 Å². The van der Waals surface area contributed by atoms with E-state index in [0.29, 0.717) is 17.3 Å². The molecule has 2 aromatic rings. The molecule has 90 valence electrons. The van der Waals surface area contributed by atoms with E-state index in [4.69, 9.17) is 16.9 Å². The monoisotopic (exact) mass is 321 g/mol. The summed E-state index contributed by atoms with van der Waals surface area (Å²) in [5, 5.41) is 12.8. The zero-order valence-corrected chi connectivity index (χ0v) is 11.7. The predicted molar refractivity (Wildman–Crippen MR) is 75.4 cm³/mol. The third kappa shape index (κ3) is 3.00. The molecule has 1 N–H and O–H groups in total. The molecule has 0 aliphatic heterocycles. The molecule has 5 heteroatoms. The molecule has 0 saturated heterocycles. The summed E-state index contributed by atoms with van der Waals surface area (Å²) in [5.74, 6) is 0. The maximum atomic E-state index is 8.94. The SMILES string of the molecule is N#Cc1ncccc1CNc1ccc(Cl)cc1Br. The summed E-state index contributed by atoms with van der Waals surface area (Å²) >= 11 is 9.30. The molecular weight excluding hydrogens is 314 g/mol. The van der Waals surface area contributed by atoms with Gasteiger partial charge in [0.05, 0.1) is 0 Å². The summed E-state index contributed by atoms with van der Waals surface area (Å²) < 4.78 is 0.886. The van der Waals surface area contributed by atoms with Crippen molar-refractivity contribution in [2.45, 2.75) is 6.54 Å². The van der Waals surface area contributed by atoms with Gasteiger partial charge in [-0.3, -0.25) is 0 Å². The molecule has 0 fully saturated rings.